The smallest absolute Gasteiger partial charge is 0.335 e. The predicted molar refractivity (Wildman–Crippen MR) is 129 cm³/mol. The van der Waals surface area contributed by atoms with Gasteiger partial charge in [0.1, 0.15) is 0 Å². The summed E-state index contributed by atoms with van der Waals surface area (Å²) >= 11 is 0. The van der Waals surface area contributed by atoms with Crippen LogP contribution in [0.4, 0.5) is 0 Å². The first-order valence-corrected chi connectivity index (χ1v) is 12.8. The number of para-hydroxylation sites is 1. The molecule has 0 amide bonds. The second-order valence-electron chi connectivity index (χ2n) is 9.14. The maximum Gasteiger partial charge on any atom is 0.335 e. The van der Waals surface area contributed by atoms with E-state index in [0.29, 0.717) is 0 Å². The monoisotopic (exact) mass is 435 g/mol. The van der Waals surface area contributed by atoms with Crippen molar-refractivity contribution < 1.29 is 20.7 Å². The average molecular weight is 436 g/mol. The number of quaternary nitrogens is 1. The third-order valence-electron chi connectivity index (χ3n) is 5.65. The first kappa shape index (κ1) is 29.5. The van der Waals surface area contributed by atoms with Crippen molar-refractivity contribution in [3.63, 3.8) is 0 Å². The normalized spacial score (nSPS) is 10.7. The van der Waals surface area contributed by atoms with E-state index in [1.807, 2.05) is 0 Å². The van der Waals surface area contributed by atoms with E-state index in [1.165, 1.54) is 127 Å². The molecule has 0 aliphatic heterocycles. The fraction of sp³-hybridized carbons (Fsp3) is 0.741. The highest BCUT2D eigenvalue weighted by atomic mass is 16.4. The fourth-order valence-electron chi connectivity index (χ4n) is 3.67. The van der Waals surface area contributed by atoms with Gasteiger partial charge in [-0.1, -0.05) is 128 Å². The Morgan fingerprint density at radius 2 is 1.16 bits per heavy atom. The van der Waals surface area contributed by atoms with Gasteiger partial charge in [-0.15, -0.1) is 0 Å². The van der Waals surface area contributed by atoms with Crippen molar-refractivity contribution in [1.29, 1.82) is 0 Å². The summed E-state index contributed by atoms with van der Waals surface area (Å²) in [6, 6.07) is 5.54. The van der Waals surface area contributed by atoms with Crippen LogP contribution >= 0.6 is 0 Å². The van der Waals surface area contributed by atoms with E-state index in [9.17, 15) is 9.90 Å². The molecular weight excluding hydrogens is 386 g/mol. The van der Waals surface area contributed by atoms with Crippen LogP contribution in [0.1, 0.15) is 127 Å². The number of benzene rings is 1. The maximum absolute atomic E-state index is 10.7. The van der Waals surface area contributed by atoms with Gasteiger partial charge in [-0.3, -0.25) is 0 Å². The van der Waals surface area contributed by atoms with Crippen molar-refractivity contribution in [2.24, 2.45) is 5.92 Å². The van der Waals surface area contributed by atoms with Gasteiger partial charge in [0.25, 0.3) is 0 Å². The van der Waals surface area contributed by atoms with Gasteiger partial charge in [0.2, 0.25) is 0 Å². The summed E-state index contributed by atoms with van der Waals surface area (Å²) in [7, 11) is 0. The van der Waals surface area contributed by atoms with E-state index in [1.54, 1.807) is 0 Å². The van der Waals surface area contributed by atoms with Crippen molar-refractivity contribution in [2.45, 2.75) is 117 Å². The lowest BCUT2D eigenvalue weighted by Gasteiger charge is -2.07. The summed E-state index contributed by atoms with van der Waals surface area (Å²) in [5.74, 6) is -0.728. The lowest BCUT2D eigenvalue weighted by Crippen LogP contribution is -2.50. The van der Waals surface area contributed by atoms with Gasteiger partial charge in [-0.05, 0) is 24.8 Å². The quantitative estimate of drug-likeness (QED) is 0.255. The highest BCUT2D eigenvalue weighted by Gasteiger charge is 2.00. The lowest BCUT2D eigenvalue weighted by molar-refractivity contribution is -0.368. The largest absolute Gasteiger partial charge is 0.872 e. The highest BCUT2D eigenvalue weighted by Crippen LogP contribution is 2.15. The Labute approximate surface area is 191 Å². The van der Waals surface area contributed by atoms with E-state index < -0.39 is 11.7 Å². The summed E-state index contributed by atoms with van der Waals surface area (Å²) in [6.07, 6.45) is 23.2. The number of hydrogen-bond acceptors (Lipinski definition) is 2. The second kappa shape index (κ2) is 21.7. The Bertz CT molecular complexity index is 531. The van der Waals surface area contributed by atoms with E-state index in [-0.39, 0.29) is 5.56 Å². The minimum atomic E-state index is -1.18. The van der Waals surface area contributed by atoms with Crippen LogP contribution < -0.4 is 10.8 Å². The first-order chi connectivity index (χ1) is 15.0. The molecule has 0 unspecified atom stereocenters. The van der Waals surface area contributed by atoms with Gasteiger partial charge >= 0.3 is 5.97 Å². The van der Waals surface area contributed by atoms with Gasteiger partial charge in [-0.25, -0.2) is 4.79 Å². The molecule has 0 fully saturated rings. The molecule has 4 heteroatoms. The van der Waals surface area contributed by atoms with E-state index >= 15 is 0 Å². The molecule has 1 rings (SSSR count). The minimum Gasteiger partial charge on any atom is -0.872 e. The fourth-order valence-corrected chi connectivity index (χ4v) is 3.67. The number of hydrogen-bond donors (Lipinski definition) is 2. The number of rotatable bonds is 18. The molecular formula is C27H49NO3. The molecule has 0 atom stereocenters. The third kappa shape index (κ3) is 20.1. The SMILES string of the molecule is CC(C)CCCCCCCCCCCCCCCCC[NH3+].O=C(O)c1ccccc1[O-]. The number of aromatic carboxylic acids is 1. The van der Waals surface area contributed by atoms with Crippen LogP contribution in [0.3, 0.4) is 0 Å². The van der Waals surface area contributed by atoms with E-state index in [2.05, 4.69) is 19.6 Å². The summed E-state index contributed by atoms with van der Waals surface area (Å²) in [4.78, 5) is 10.2. The van der Waals surface area contributed by atoms with Crippen LogP contribution in [0.5, 0.6) is 5.75 Å². The zero-order valence-corrected chi connectivity index (χ0v) is 20.4. The van der Waals surface area contributed by atoms with E-state index in [4.69, 9.17) is 5.11 Å². The Hall–Kier alpha value is -1.55. The first-order valence-electron chi connectivity index (χ1n) is 12.8. The Balaban J connectivity index is 0.000000743. The summed E-state index contributed by atoms with van der Waals surface area (Å²) in [5.41, 5.74) is 3.72. The zero-order valence-electron chi connectivity index (χ0n) is 20.4. The van der Waals surface area contributed by atoms with Gasteiger partial charge < -0.3 is 15.9 Å². The average Bonchev–Trinajstić information content (AvgIpc) is 2.74. The second-order valence-corrected chi connectivity index (χ2v) is 9.14. The molecule has 31 heavy (non-hydrogen) atoms. The maximum atomic E-state index is 10.7. The van der Waals surface area contributed by atoms with Crippen molar-refractivity contribution in [3.05, 3.63) is 29.8 Å². The molecule has 0 heterocycles. The zero-order chi connectivity index (χ0) is 23.2. The Morgan fingerprint density at radius 1 is 0.774 bits per heavy atom. The van der Waals surface area contributed by atoms with Crippen molar-refractivity contribution in [1.82, 2.24) is 0 Å². The minimum absolute atomic E-state index is 0.178. The van der Waals surface area contributed by atoms with Crippen LogP contribution in [0.25, 0.3) is 0 Å². The Morgan fingerprint density at radius 3 is 1.48 bits per heavy atom. The van der Waals surface area contributed by atoms with Crippen LogP contribution in [0, 0.1) is 5.92 Å². The highest BCUT2D eigenvalue weighted by molar-refractivity contribution is 5.90. The molecule has 0 saturated carbocycles. The van der Waals surface area contributed by atoms with Crippen LogP contribution in [-0.4, -0.2) is 17.6 Å². The van der Waals surface area contributed by atoms with Gasteiger partial charge in [0.15, 0.2) is 0 Å². The summed E-state index contributed by atoms with van der Waals surface area (Å²) in [6.45, 7) is 5.79. The van der Waals surface area contributed by atoms with Crippen molar-refractivity contribution in [2.75, 3.05) is 6.54 Å². The van der Waals surface area contributed by atoms with Gasteiger partial charge in [-0.2, -0.15) is 0 Å². The Kier molecular flexibility index (Phi) is 20.6. The molecule has 0 bridgehead atoms. The molecule has 0 aliphatic carbocycles. The number of unbranched alkanes of at least 4 members (excludes halogenated alkanes) is 14. The molecule has 180 valence electrons. The molecule has 4 nitrogen and oxygen atoms in total. The topological polar surface area (TPSA) is 88.0 Å². The molecule has 0 aromatic heterocycles. The van der Waals surface area contributed by atoms with Crippen molar-refractivity contribution in [3.8, 4) is 5.75 Å². The van der Waals surface area contributed by atoms with Crippen LogP contribution in [0.2, 0.25) is 0 Å². The van der Waals surface area contributed by atoms with Crippen LogP contribution in [0.15, 0.2) is 24.3 Å². The molecule has 0 aliphatic rings. The molecule has 1 aromatic carbocycles. The molecule has 4 N–H and O–H groups in total. The lowest BCUT2D eigenvalue weighted by atomic mass is 10.0. The summed E-state index contributed by atoms with van der Waals surface area (Å²) < 4.78 is 0. The molecule has 0 spiro atoms. The molecule has 1 aromatic rings. The van der Waals surface area contributed by atoms with Gasteiger partial charge in [0.05, 0.1) is 12.1 Å². The third-order valence-corrected chi connectivity index (χ3v) is 5.65. The number of carboxylic acid groups (broad SMARTS) is 1. The molecule has 0 saturated heterocycles. The molecule has 0 radical (unpaired) electrons. The predicted octanol–water partition coefficient (Wildman–Crippen LogP) is 6.58. The standard InChI is InChI=1S/C20H43N.C7H6O3/c1-20(2)18-16-14-12-10-8-6-4-3-5-7-9-11-13-15-17-19-21;8-6-4-2-1-3-5(6)7(9)10/h20H,3-19,21H2,1-2H3;1-4,8H,(H,9,10). The van der Waals surface area contributed by atoms with Gasteiger partial charge in [0, 0.05) is 0 Å². The van der Waals surface area contributed by atoms with Crippen molar-refractivity contribution >= 4 is 5.97 Å². The summed E-state index contributed by atoms with van der Waals surface area (Å²) in [5, 5.41) is 19.0. The van der Waals surface area contributed by atoms with E-state index in [0.717, 1.165) is 12.5 Å². The number of carboxylic acids is 1. The van der Waals surface area contributed by atoms with Crippen LogP contribution in [-0.2, 0) is 0 Å². The number of carbonyl (C=O) groups is 1.